The zero-order chi connectivity index (χ0) is 14.9. The van der Waals surface area contributed by atoms with Gasteiger partial charge >= 0.3 is 0 Å². The van der Waals surface area contributed by atoms with E-state index in [0.29, 0.717) is 0 Å². The van der Waals surface area contributed by atoms with E-state index >= 15 is 0 Å². The van der Waals surface area contributed by atoms with E-state index in [0.717, 1.165) is 48.2 Å². The lowest BCUT2D eigenvalue weighted by Gasteiger charge is -2.15. The molecule has 110 valence electrons. The molecule has 1 saturated heterocycles. The van der Waals surface area contributed by atoms with Gasteiger partial charge in [0.05, 0.1) is 11.0 Å². The number of para-hydroxylation sites is 1. The lowest BCUT2D eigenvalue weighted by atomic mass is 10.1. The van der Waals surface area contributed by atoms with Crippen LogP contribution in [0.15, 0.2) is 54.9 Å². The van der Waals surface area contributed by atoms with Gasteiger partial charge < -0.3 is 4.90 Å². The molecule has 0 saturated carbocycles. The summed E-state index contributed by atoms with van der Waals surface area (Å²) in [5.74, 6) is 0.119. The molecular formula is C18H17N3O. The highest BCUT2D eigenvalue weighted by molar-refractivity contribution is 5.97. The number of rotatable bonds is 2. The van der Waals surface area contributed by atoms with Gasteiger partial charge in [-0.3, -0.25) is 9.36 Å². The van der Waals surface area contributed by atoms with Gasteiger partial charge in [0.1, 0.15) is 6.33 Å². The third-order valence-corrected chi connectivity index (χ3v) is 4.22. The Bertz CT molecular complexity index is 817. The number of hydrogen-bond acceptors (Lipinski definition) is 2. The number of carbonyl (C=O) groups is 1. The highest BCUT2D eigenvalue weighted by atomic mass is 16.2. The Balaban J connectivity index is 1.72. The molecular weight excluding hydrogens is 274 g/mol. The van der Waals surface area contributed by atoms with E-state index in [1.165, 1.54) is 0 Å². The predicted octanol–water partition coefficient (Wildman–Crippen LogP) is 3.26. The summed E-state index contributed by atoms with van der Waals surface area (Å²) in [6.45, 7) is 1.74. The molecule has 0 atom stereocenters. The van der Waals surface area contributed by atoms with Gasteiger partial charge in [0.15, 0.2) is 0 Å². The Hall–Kier alpha value is -2.62. The van der Waals surface area contributed by atoms with Crippen LogP contribution in [0.25, 0.3) is 16.7 Å². The summed E-state index contributed by atoms with van der Waals surface area (Å²) in [7, 11) is 0. The molecule has 0 radical (unpaired) electrons. The highest BCUT2D eigenvalue weighted by Crippen LogP contribution is 2.21. The smallest absolute Gasteiger partial charge is 0.253 e. The van der Waals surface area contributed by atoms with Crippen LogP contribution in [-0.4, -0.2) is 33.4 Å². The van der Waals surface area contributed by atoms with Crippen LogP contribution in [0.2, 0.25) is 0 Å². The minimum Gasteiger partial charge on any atom is -0.339 e. The van der Waals surface area contributed by atoms with E-state index in [1.54, 1.807) is 0 Å². The van der Waals surface area contributed by atoms with Crippen LogP contribution in [0, 0.1) is 0 Å². The van der Waals surface area contributed by atoms with Crippen molar-refractivity contribution in [2.45, 2.75) is 12.8 Å². The van der Waals surface area contributed by atoms with Crippen molar-refractivity contribution in [1.29, 1.82) is 0 Å². The number of benzene rings is 2. The SMILES string of the molecule is O=C(c1ccc2c(c1)ncn2-c1ccccc1)N1CCCC1. The highest BCUT2D eigenvalue weighted by Gasteiger charge is 2.20. The predicted molar refractivity (Wildman–Crippen MR) is 86.2 cm³/mol. The Morgan fingerprint density at radius 3 is 2.55 bits per heavy atom. The monoisotopic (exact) mass is 291 g/mol. The quantitative estimate of drug-likeness (QED) is 0.727. The second kappa shape index (κ2) is 5.30. The van der Waals surface area contributed by atoms with E-state index in [2.05, 4.69) is 4.98 Å². The van der Waals surface area contributed by atoms with Crippen LogP contribution < -0.4 is 0 Å². The van der Waals surface area contributed by atoms with Crippen LogP contribution >= 0.6 is 0 Å². The van der Waals surface area contributed by atoms with Crippen LogP contribution in [0.5, 0.6) is 0 Å². The Labute approximate surface area is 129 Å². The molecule has 0 N–H and O–H groups in total. The summed E-state index contributed by atoms with van der Waals surface area (Å²) >= 11 is 0. The maximum atomic E-state index is 12.5. The molecule has 2 heterocycles. The first-order valence-corrected chi connectivity index (χ1v) is 7.65. The molecule has 2 aromatic carbocycles. The number of imidazole rings is 1. The minimum atomic E-state index is 0.119. The molecule has 0 unspecified atom stereocenters. The van der Waals surface area contributed by atoms with Gasteiger partial charge in [-0.1, -0.05) is 18.2 Å². The van der Waals surface area contributed by atoms with Gasteiger partial charge in [-0.2, -0.15) is 0 Å². The van der Waals surface area contributed by atoms with Gasteiger partial charge in [-0.05, 0) is 43.2 Å². The molecule has 3 aromatic rings. The summed E-state index contributed by atoms with van der Waals surface area (Å²) in [5, 5.41) is 0. The molecule has 22 heavy (non-hydrogen) atoms. The van der Waals surface area contributed by atoms with Crippen molar-refractivity contribution in [2.75, 3.05) is 13.1 Å². The lowest BCUT2D eigenvalue weighted by molar-refractivity contribution is 0.0793. The number of likely N-dealkylation sites (tertiary alicyclic amines) is 1. The van der Waals surface area contributed by atoms with Crippen molar-refractivity contribution in [1.82, 2.24) is 14.5 Å². The largest absolute Gasteiger partial charge is 0.339 e. The Morgan fingerprint density at radius 1 is 1.00 bits per heavy atom. The number of fused-ring (bicyclic) bond motifs is 1. The van der Waals surface area contributed by atoms with Gasteiger partial charge in [0.2, 0.25) is 0 Å². The zero-order valence-electron chi connectivity index (χ0n) is 12.3. The van der Waals surface area contributed by atoms with Gasteiger partial charge in [-0.15, -0.1) is 0 Å². The number of nitrogens with zero attached hydrogens (tertiary/aromatic N) is 3. The molecule has 1 aliphatic heterocycles. The van der Waals surface area contributed by atoms with Crippen molar-refractivity contribution in [3.05, 3.63) is 60.4 Å². The van der Waals surface area contributed by atoms with E-state index in [4.69, 9.17) is 0 Å². The second-order valence-corrected chi connectivity index (χ2v) is 5.65. The van der Waals surface area contributed by atoms with Gasteiger partial charge in [0, 0.05) is 24.3 Å². The molecule has 4 heteroatoms. The number of aromatic nitrogens is 2. The van der Waals surface area contributed by atoms with E-state index in [-0.39, 0.29) is 5.91 Å². The van der Waals surface area contributed by atoms with Crippen LogP contribution in [-0.2, 0) is 0 Å². The van der Waals surface area contributed by atoms with E-state index in [9.17, 15) is 4.79 Å². The fourth-order valence-corrected chi connectivity index (χ4v) is 3.04. The molecule has 0 spiro atoms. The average Bonchev–Trinajstić information content (AvgIpc) is 3.24. The number of carbonyl (C=O) groups excluding carboxylic acids is 1. The van der Waals surface area contributed by atoms with Crippen LogP contribution in [0.1, 0.15) is 23.2 Å². The van der Waals surface area contributed by atoms with Crippen molar-refractivity contribution in [3.63, 3.8) is 0 Å². The fourth-order valence-electron chi connectivity index (χ4n) is 3.04. The molecule has 4 nitrogen and oxygen atoms in total. The fraction of sp³-hybridized carbons (Fsp3) is 0.222. The van der Waals surface area contributed by atoms with Crippen molar-refractivity contribution in [2.24, 2.45) is 0 Å². The number of hydrogen-bond donors (Lipinski definition) is 0. The number of amides is 1. The van der Waals surface area contributed by atoms with Gasteiger partial charge in [0.25, 0.3) is 5.91 Å². The first kappa shape index (κ1) is 13.1. The van der Waals surface area contributed by atoms with Crippen LogP contribution in [0.4, 0.5) is 0 Å². The lowest BCUT2D eigenvalue weighted by Crippen LogP contribution is -2.27. The van der Waals surface area contributed by atoms with Crippen molar-refractivity contribution < 1.29 is 4.79 Å². The molecule has 0 aliphatic carbocycles. The van der Waals surface area contributed by atoms with Gasteiger partial charge in [-0.25, -0.2) is 4.98 Å². The Morgan fingerprint density at radius 2 is 1.77 bits per heavy atom. The maximum absolute atomic E-state index is 12.5. The topological polar surface area (TPSA) is 38.1 Å². The summed E-state index contributed by atoms with van der Waals surface area (Å²) in [4.78, 5) is 18.8. The van der Waals surface area contributed by atoms with Crippen molar-refractivity contribution >= 4 is 16.9 Å². The maximum Gasteiger partial charge on any atom is 0.253 e. The second-order valence-electron chi connectivity index (χ2n) is 5.65. The Kier molecular flexibility index (Phi) is 3.15. The summed E-state index contributed by atoms with van der Waals surface area (Å²) in [5.41, 5.74) is 3.68. The zero-order valence-corrected chi connectivity index (χ0v) is 12.3. The normalized spacial score (nSPS) is 14.6. The third kappa shape index (κ3) is 2.17. The van der Waals surface area contributed by atoms with Crippen LogP contribution in [0.3, 0.4) is 0 Å². The molecule has 1 aliphatic rings. The molecule has 1 fully saturated rings. The molecule has 1 amide bonds. The van der Waals surface area contributed by atoms with E-state index in [1.807, 2.05) is 64.3 Å². The van der Waals surface area contributed by atoms with Crippen molar-refractivity contribution in [3.8, 4) is 5.69 Å². The molecule has 1 aromatic heterocycles. The third-order valence-electron chi connectivity index (χ3n) is 4.22. The summed E-state index contributed by atoms with van der Waals surface area (Å²) < 4.78 is 2.04. The average molecular weight is 291 g/mol. The van der Waals surface area contributed by atoms with E-state index < -0.39 is 0 Å². The first-order chi connectivity index (χ1) is 10.8. The molecule has 4 rings (SSSR count). The minimum absolute atomic E-state index is 0.119. The summed E-state index contributed by atoms with van der Waals surface area (Å²) in [6, 6.07) is 15.9. The summed E-state index contributed by atoms with van der Waals surface area (Å²) in [6.07, 6.45) is 4.03. The first-order valence-electron chi connectivity index (χ1n) is 7.65. The molecule has 0 bridgehead atoms. The standard InChI is InChI=1S/C18H17N3O/c22-18(20-10-4-5-11-20)14-8-9-17-16(12-14)19-13-21(17)15-6-2-1-3-7-15/h1-3,6-9,12-13H,4-5,10-11H2.